The molecule has 0 saturated carbocycles. The first-order chi connectivity index (χ1) is 8.29. The van der Waals surface area contributed by atoms with Crippen molar-refractivity contribution in [1.29, 1.82) is 0 Å². The molecule has 2 nitrogen and oxygen atoms in total. The number of hydrogen-bond donors (Lipinski definition) is 1. The van der Waals surface area contributed by atoms with Crippen LogP contribution in [0.4, 0.5) is 26.3 Å². The van der Waals surface area contributed by atoms with Crippen molar-refractivity contribution in [3.8, 4) is 0 Å². The molecule has 1 N–H and O–H groups in total. The number of alkyl halides is 6. The summed E-state index contributed by atoms with van der Waals surface area (Å²) in [6.07, 6.45) is -5.72. The summed E-state index contributed by atoms with van der Waals surface area (Å²) in [4.78, 5) is 0. The lowest BCUT2D eigenvalue weighted by molar-refractivity contribution is -0.246. The lowest BCUT2D eigenvalue weighted by atomic mass is 10.2. The largest absolute Gasteiger partial charge is 0.444 e. The molecule has 0 aliphatic heterocycles. The number of aliphatic hydroxyl groups is 1. The summed E-state index contributed by atoms with van der Waals surface area (Å²) < 4.78 is 68.1. The number of ether oxygens (including phenoxy) is 1. The summed E-state index contributed by atoms with van der Waals surface area (Å²) in [5.41, 5.74) is 0. The lowest BCUT2D eigenvalue weighted by Crippen LogP contribution is -2.22. The molecule has 0 aromatic heterocycles. The highest BCUT2D eigenvalue weighted by Gasteiger charge is 2.38. The van der Waals surface area contributed by atoms with E-state index in [0.717, 1.165) is 19.3 Å². The Labute approximate surface area is 103 Å². The highest BCUT2D eigenvalue weighted by atomic mass is 19.4. The Balaban J connectivity index is -0.000000225. The van der Waals surface area contributed by atoms with Gasteiger partial charge in [0.05, 0.1) is 13.3 Å². The van der Waals surface area contributed by atoms with E-state index in [0.29, 0.717) is 7.18 Å². The molecule has 0 bridgehead atoms. The van der Waals surface area contributed by atoms with E-state index in [-0.39, 0.29) is 6.10 Å². The average molecular weight is 286 g/mol. The van der Waals surface area contributed by atoms with Gasteiger partial charge in [-0.2, -0.15) is 13.2 Å². The third-order valence-corrected chi connectivity index (χ3v) is 1.63. The van der Waals surface area contributed by atoms with Crippen LogP contribution in [0.15, 0.2) is 0 Å². The van der Waals surface area contributed by atoms with Gasteiger partial charge in [-0.3, -0.25) is 4.39 Å². The molecule has 0 heterocycles. The van der Waals surface area contributed by atoms with Crippen molar-refractivity contribution in [3.63, 3.8) is 0 Å². The minimum atomic E-state index is -5.11. The fraction of sp³-hybridized carbons (Fsp3) is 1.00. The second-order valence-corrected chi connectivity index (χ2v) is 2.97. The van der Waals surface area contributed by atoms with Crippen molar-refractivity contribution in [2.75, 3.05) is 14.0 Å². The predicted molar refractivity (Wildman–Crippen MR) is 56.2 cm³/mol. The first-order valence-electron chi connectivity index (χ1n) is 5.23. The van der Waals surface area contributed by atoms with E-state index >= 15 is 0 Å². The molecular weight excluding hydrogens is 266 g/mol. The topological polar surface area (TPSA) is 29.5 Å². The lowest BCUT2D eigenvalue weighted by Gasteiger charge is -2.10. The summed E-state index contributed by atoms with van der Waals surface area (Å²) in [6.45, 7) is 3.44. The number of rotatable bonds is 5. The zero-order chi connectivity index (χ0) is 15.2. The monoisotopic (exact) mass is 286 g/mol. The molecule has 0 aromatic carbocycles. The molecule has 0 aliphatic carbocycles. The van der Waals surface area contributed by atoms with Crippen molar-refractivity contribution >= 4 is 0 Å². The molecule has 8 heteroatoms. The van der Waals surface area contributed by atoms with Crippen molar-refractivity contribution in [2.24, 2.45) is 0 Å². The molecule has 2 atom stereocenters. The van der Waals surface area contributed by atoms with E-state index in [4.69, 9.17) is 9.84 Å². The van der Waals surface area contributed by atoms with Gasteiger partial charge in [0, 0.05) is 0 Å². The van der Waals surface area contributed by atoms with Gasteiger partial charge in [-0.05, 0) is 12.8 Å². The highest BCUT2D eigenvalue weighted by molar-refractivity contribution is 4.51. The van der Waals surface area contributed by atoms with Crippen LogP contribution in [0.25, 0.3) is 0 Å². The van der Waals surface area contributed by atoms with Crippen LogP contribution in [-0.2, 0) is 4.74 Å². The van der Waals surface area contributed by atoms with Crippen LogP contribution < -0.4 is 0 Å². The molecule has 0 fully saturated rings. The van der Waals surface area contributed by atoms with Crippen molar-refractivity contribution in [2.45, 2.75) is 51.7 Å². The van der Waals surface area contributed by atoms with Gasteiger partial charge < -0.3 is 9.84 Å². The Kier molecular flexibility index (Phi) is 18.3. The van der Waals surface area contributed by atoms with Crippen LogP contribution in [0.3, 0.4) is 0 Å². The zero-order valence-corrected chi connectivity index (χ0v) is 10.6. The zero-order valence-electron chi connectivity index (χ0n) is 10.6. The van der Waals surface area contributed by atoms with Gasteiger partial charge in [-0.15, -0.1) is 0 Å². The number of halogens is 6. The van der Waals surface area contributed by atoms with Gasteiger partial charge in [0.15, 0.2) is 6.86 Å². The second kappa shape index (κ2) is 14.6. The Morgan fingerprint density at radius 2 is 1.56 bits per heavy atom. The minimum Gasteiger partial charge on any atom is -0.357 e. The molecule has 0 aliphatic rings. The molecule has 2 unspecified atom stereocenters. The molecule has 0 radical (unpaired) electrons. The summed E-state index contributed by atoms with van der Waals surface area (Å²) in [6, 6.07) is 0. The molecule has 0 rings (SSSR count). The van der Waals surface area contributed by atoms with Crippen LogP contribution in [0.1, 0.15) is 33.1 Å². The summed E-state index contributed by atoms with van der Waals surface area (Å²) in [5.74, 6) is 0. The van der Waals surface area contributed by atoms with E-state index < -0.39 is 19.4 Å². The molecular formula is C10H20F6O2. The summed E-state index contributed by atoms with van der Waals surface area (Å²) in [5, 5.41) is 7.10. The van der Waals surface area contributed by atoms with Crippen molar-refractivity contribution in [3.05, 3.63) is 0 Å². The van der Waals surface area contributed by atoms with Crippen LogP contribution in [0.2, 0.25) is 0 Å². The van der Waals surface area contributed by atoms with Crippen LogP contribution >= 0.6 is 0 Å². The second-order valence-electron chi connectivity index (χ2n) is 2.97. The molecule has 18 heavy (non-hydrogen) atoms. The molecule has 114 valence electrons. The first kappa shape index (κ1) is 22.7. The van der Waals surface area contributed by atoms with E-state index in [9.17, 15) is 26.3 Å². The predicted octanol–water partition coefficient (Wildman–Crippen LogP) is 3.93. The van der Waals surface area contributed by atoms with Crippen LogP contribution in [-0.4, -0.2) is 37.8 Å². The summed E-state index contributed by atoms with van der Waals surface area (Å²) in [7, 11) is 0.500. The number of aliphatic hydroxyl groups excluding tert-OH is 1. The average Bonchev–Trinajstić information content (AvgIpc) is 2.31. The van der Waals surface area contributed by atoms with Crippen molar-refractivity contribution < 1.29 is 36.2 Å². The van der Waals surface area contributed by atoms with E-state index in [1.54, 1.807) is 0 Å². The van der Waals surface area contributed by atoms with Crippen LogP contribution in [0.5, 0.6) is 0 Å². The van der Waals surface area contributed by atoms with Gasteiger partial charge in [0.25, 0.3) is 6.36 Å². The highest BCUT2D eigenvalue weighted by Crippen LogP contribution is 2.19. The van der Waals surface area contributed by atoms with Gasteiger partial charge in [0.2, 0.25) is 0 Å². The number of hydrogen-bond acceptors (Lipinski definition) is 2. The Bertz CT molecular complexity index is 146. The fourth-order valence-electron chi connectivity index (χ4n) is 0.816. The first-order valence-corrected chi connectivity index (χ1v) is 5.23. The Morgan fingerprint density at radius 3 is 1.72 bits per heavy atom. The standard InChI is InChI=1S/C7H15FO.C2H2F4O.CH3F/c1-3-5-7(4-2)9-6-8;3-1(7)2(4,5)6;1-2/h7H,3-6H2,1-2H3;1,7H;1H3. The van der Waals surface area contributed by atoms with Gasteiger partial charge >= 0.3 is 6.18 Å². The Hall–Kier alpha value is -0.500. The van der Waals surface area contributed by atoms with E-state index in [1.807, 2.05) is 6.92 Å². The maximum Gasteiger partial charge on any atom is 0.444 e. The molecule has 0 saturated heterocycles. The third kappa shape index (κ3) is 17.9. The van der Waals surface area contributed by atoms with Crippen LogP contribution in [0, 0.1) is 0 Å². The molecule has 0 amide bonds. The SMILES string of the molecule is CCCC(CC)OCF.CF.OC(F)C(F)(F)F. The summed E-state index contributed by atoms with van der Waals surface area (Å²) >= 11 is 0. The molecule has 0 aromatic rings. The maximum absolute atomic E-state index is 11.5. The van der Waals surface area contributed by atoms with Gasteiger partial charge in [0.1, 0.15) is 0 Å². The third-order valence-electron chi connectivity index (χ3n) is 1.63. The minimum absolute atomic E-state index is 0.139. The van der Waals surface area contributed by atoms with Gasteiger partial charge in [-0.1, -0.05) is 20.3 Å². The fourth-order valence-corrected chi connectivity index (χ4v) is 0.816. The quantitative estimate of drug-likeness (QED) is 0.776. The van der Waals surface area contributed by atoms with Crippen molar-refractivity contribution in [1.82, 2.24) is 0 Å². The normalized spacial score (nSPS) is 13.7. The smallest absolute Gasteiger partial charge is 0.357 e. The molecule has 0 spiro atoms. The maximum atomic E-state index is 11.5. The Morgan fingerprint density at radius 1 is 1.17 bits per heavy atom. The van der Waals surface area contributed by atoms with E-state index in [2.05, 4.69) is 6.92 Å². The van der Waals surface area contributed by atoms with Gasteiger partial charge in [-0.25, -0.2) is 8.78 Å². The van der Waals surface area contributed by atoms with E-state index in [1.165, 1.54) is 0 Å².